The van der Waals surface area contributed by atoms with Crippen LogP contribution in [-0.2, 0) is 4.79 Å². The van der Waals surface area contributed by atoms with Gasteiger partial charge in [-0.1, -0.05) is 18.2 Å². The quantitative estimate of drug-likeness (QED) is 0.246. The predicted molar refractivity (Wildman–Crippen MR) is 150 cm³/mol. The number of hydrogen-bond donors (Lipinski definition) is 3. The van der Waals surface area contributed by atoms with Gasteiger partial charge in [0.25, 0.3) is 0 Å². The molecule has 9 nitrogen and oxygen atoms in total. The van der Waals surface area contributed by atoms with Gasteiger partial charge in [-0.05, 0) is 54.4 Å². The number of phenolic OH excluding ortho intramolecular Hbond substituents is 1. The number of pyridine rings is 1. The van der Waals surface area contributed by atoms with Gasteiger partial charge < -0.3 is 20.4 Å². The fourth-order valence-corrected chi connectivity index (χ4v) is 5.51. The van der Waals surface area contributed by atoms with Gasteiger partial charge in [-0.2, -0.15) is 18.3 Å². The smallest absolute Gasteiger partial charge is 0.490 e. The molecule has 2 aliphatic heterocycles. The Morgan fingerprint density at radius 2 is 1.65 bits per heavy atom. The van der Waals surface area contributed by atoms with Crippen LogP contribution in [0.3, 0.4) is 0 Å². The van der Waals surface area contributed by atoms with E-state index in [1.165, 1.54) is 24.2 Å². The lowest BCUT2D eigenvalue weighted by Gasteiger charge is -2.29. The molecule has 0 aliphatic carbocycles. The van der Waals surface area contributed by atoms with Gasteiger partial charge in [0.1, 0.15) is 5.69 Å². The molecule has 0 amide bonds. The average molecular weight is 593 g/mol. The van der Waals surface area contributed by atoms with Gasteiger partial charge in [0.05, 0.1) is 11.3 Å². The molecule has 3 N–H and O–H groups in total. The van der Waals surface area contributed by atoms with E-state index in [2.05, 4.69) is 44.5 Å². The fourth-order valence-electron chi connectivity index (χ4n) is 5.51. The van der Waals surface area contributed by atoms with Gasteiger partial charge in [-0.15, -0.1) is 0 Å². The molecule has 2 saturated heterocycles. The number of benzene rings is 2. The Balaban J connectivity index is 0.000000423. The number of carboxylic acids is 1. The number of carboxylic acid groups (broad SMARTS) is 1. The summed E-state index contributed by atoms with van der Waals surface area (Å²) in [5.74, 6) is -3.84. The predicted octanol–water partition coefficient (Wildman–Crippen LogP) is 5.15. The van der Waals surface area contributed by atoms with E-state index in [-0.39, 0.29) is 0 Å². The summed E-state index contributed by atoms with van der Waals surface area (Å²) in [7, 11) is 0. The number of carbonyl (C=O) groups is 1. The Bertz CT molecular complexity index is 1790. The van der Waals surface area contributed by atoms with E-state index in [9.17, 15) is 22.7 Å². The van der Waals surface area contributed by atoms with Crippen molar-refractivity contribution in [2.45, 2.75) is 24.7 Å². The molecule has 2 fully saturated rings. The number of piperazine rings is 1. The number of hydrogen-bond acceptors (Lipinski definition) is 7. The summed E-state index contributed by atoms with van der Waals surface area (Å²) in [6, 6.07) is 19.8. The van der Waals surface area contributed by atoms with Crippen molar-refractivity contribution in [2.75, 3.05) is 18.0 Å². The molecule has 2 aliphatic rings. The minimum atomic E-state index is -5.08. The molecule has 0 saturated carbocycles. The number of anilines is 1. The Morgan fingerprint density at radius 3 is 2.26 bits per heavy atom. The number of phenols is 1. The number of halogens is 4. The van der Waals surface area contributed by atoms with E-state index < -0.39 is 23.7 Å². The topological polar surface area (TPSA) is 116 Å². The van der Waals surface area contributed by atoms with Crippen molar-refractivity contribution in [1.29, 1.82) is 0 Å². The molecule has 2 bridgehead atoms. The van der Waals surface area contributed by atoms with Crippen LogP contribution in [0.5, 0.6) is 5.75 Å². The Hall–Kier alpha value is -5.04. The third-order valence-corrected chi connectivity index (χ3v) is 7.50. The van der Waals surface area contributed by atoms with Crippen LogP contribution in [0, 0.1) is 5.82 Å². The molecule has 0 unspecified atom stereocenters. The summed E-state index contributed by atoms with van der Waals surface area (Å²) in [5.41, 5.74) is 6.66. The lowest BCUT2D eigenvalue weighted by Crippen LogP contribution is -2.43. The highest BCUT2D eigenvalue weighted by atomic mass is 19.4. The third kappa shape index (κ3) is 5.46. The SMILES string of the molecule is O=C(O)C(F)(F)F.Oc1cc(-c2c(-c3ccncc3)nn3c(-c4ccc(N5C[C@@H]6C[C@H]5CN6)cc4)ccnc23)ccc1F. The molecule has 2 aromatic carbocycles. The molecule has 3 aromatic heterocycles. The molecular formula is C30H24F4N6O3. The Labute approximate surface area is 242 Å². The van der Waals surface area contributed by atoms with E-state index in [0.717, 1.165) is 35.5 Å². The van der Waals surface area contributed by atoms with Crippen LogP contribution in [0.15, 0.2) is 79.3 Å². The summed E-state index contributed by atoms with van der Waals surface area (Å²) in [4.78, 5) is 20.2. The van der Waals surface area contributed by atoms with Crippen LogP contribution in [0.25, 0.3) is 39.3 Å². The average Bonchev–Trinajstić information content (AvgIpc) is 3.74. The number of nitrogens with zero attached hydrogens (tertiary/aromatic N) is 5. The van der Waals surface area contributed by atoms with Crippen LogP contribution >= 0.6 is 0 Å². The van der Waals surface area contributed by atoms with Crippen molar-refractivity contribution in [3.63, 3.8) is 0 Å². The number of aliphatic carboxylic acids is 1. The molecule has 13 heteroatoms. The minimum absolute atomic E-state index is 0.412. The number of fused-ring (bicyclic) bond motifs is 3. The van der Waals surface area contributed by atoms with E-state index in [4.69, 9.17) is 15.0 Å². The first-order valence-corrected chi connectivity index (χ1v) is 13.3. The first kappa shape index (κ1) is 28.1. The second-order valence-electron chi connectivity index (χ2n) is 10.2. The van der Waals surface area contributed by atoms with E-state index in [1.807, 2.05) is 22.7 Å². The van der Waals surface area contributed by atoms with Crippen LogP contribution in [0.4, 0.5) is 23.2 Å². The Kier molecular flexibility index (Phi) is 7.18. The summed E-state index contributed by atoms with van der Waals surface area (Å²) in [6.07, 6.45) is 1.30. The van der Waals surface area contributed by atoms with Gasteiger partial charge in [-0.25, -0.2) is 18.7 Å². The maximum Gasteiger partial charge on any atom is 0.490 e. The highest BCUT2D eigenvalue weighted by molar-refractivity contribution is 5.91. The summed E-state index contributed by atoms with van der Waals surface area (Å²) >= 11 is 0. The highest BCUT2D eigenvalue weighted by Crippen LogP contribution is 2.38. The molecule has 2 atom stereocenters. The first-order chi connectivity index (χ1) is 20.6. The van der Waals surface area contributed by atoms with Crippen molar-refractivity contribution >= 4 is 17.3 Å². The molecule has 5 aromatic rings. The fraction of sp³-hybridized carbons (Fsp3) is 0.200. The first-order valence-electron chi connectivity index (χ1n) is 13.3. The maximum absolute atomic E-state index is 13.9. The lowest BCUT2D eigenvalue weighted by atomic mass is 10.0. The summed E-state index contributed by atoms with van der Waals surface area (Å²) < 4.78 is 47.4. The zero-order chi connectivity index (χ0) is 30.3. The van der Waals surface area contributed by atoms with Crippen molar-refractivity contribution < 1.29 is 32.6 Å². The number of alkyl halides is 3. The van der Waals surface area contributed by atoms with Gasteiger partial charge in [0.15, 0.2) is 17.2 Å². The standard InChI is InChI=1S/C28H23FN6O.C2HF3O2/c29-23-6-3-19(13-25(23)36)26-27(18-7-10-30-11-8-18)33-35-24(9-12-31-28(26)35)17-1-4-21(5-2-17)34-16-20-14-22(34)15-32-20;3-2(4,5)1(6)7/h1-13,20,22,32,36H,14-16H2;(H,6,7)/t20-,22-;/m0./s1. The molecule has 0 spiro atoms. The van der Waals surface area contributed by atoms with Crippen molar-refractivity contribution in [2.24, 2.45) is 0 Å². The number of aromatic hydroxyl groups is 1. The zero-order valence-electron chi connectivity index (χ0n) is 22.3. The second-order valence-corrected chi connectivity index (χ2v) is 10.2. The van der Waals surface area contributed by atoms with Crippen molar-refractivity contribution in [3.8, 4) is 39.4 Å². The van der Waals surface area contributed by atoms with Crippen LogP contribution < -0.4 is 10.2 Å². The highest BCUT2D eigenvalue weighted by Gasteiger charge is 2.38. The van der Waals surface area contributed by atoms with Crippen molar-refractivity contribution in [3.05, 3.63) is 85.1 Å². The normalized spacial score (nSPS) is 17.6. The molecule has 5 heterocycles. The summed E-state index contributed by atoms with van der Waals surface area (Å²) in [5, 5.41) is 25.7. The second kappa shape index (κ2) is 11.0. The van der Waals surface area contributed by atoms with Gasteiger partial charge >= 0.3 is 12.1 Å². The number of nitrogens with one attached hydrogen (secondary N) is 1. The third-order valence-electron chi connectivity index (χ3n) is 7.50. The Morgan fingerprint density at radius 1 is 0.953 bits per heavy atom. The molecule has 43 heavy (non-hydrogen) atoms. The van der Waals surface area contributed by atoms with Crippen LogP contribution in [-0.4, -0.2) is 67.1 Å². The molecular weight excluding hydrogens is 568 g/mol. The van der Waals surface area contributed by atoms with Gasteiger partial charge in [0, 0.05) is 60.6 Å². The summed E-state index contributed by atoms with van der Waals surface area (Å²) in [6.45, 7) is 2.09. The molecule has 7 rings (SSSR count). The zero-order valence-corrected chi connectivity index (χ0v) is 22.3. The maximum atomic E-state index is 13.9. The number of rotatable bonds is 4. The van der Waals surface area contributed by atoms with Crippen LogP contribution in [0.1, 0.15) is 6.42 Å². The molecule has 220 valence electrons. The monoisotopic (exact) mass is 592 g/mol. The van der Waals surface area contributed by atoms with E-state index >= 15 is 0 Å². The molecule has 0 radical (unpaired) electrons. The van der Waals surface area contributed by atoms with E-state index in [0.29, 0.717) is 29.0 Å². The lowest BCUT2D eigenvalue weighted by molar-refractivity contribution is -0.192. The number of aromatic nitrogens is 4. The van der Waals surface area contributed by atoms with Crippen LogP contribution in [0.2, 0.25) is 0 Å². The van der Waals surface area contributed by atoms with Gasteiger partial charge in [-0.3, -0.25) is 4.98 Å². The van der Waals surface area contributed by atoms with Gasteiger partial charge in [0.2, 0.25) is 0 Å². The van der Waals surface area contributed by atoms with Crippen molar-refractivity contribution in [1.82, 2.24) is 24.9 Å². The largest absolute Gasteiger partial charge is 0.505 e. The minimum Gasteiger partial charge on any atom is -0.505 e. The van der Waals surface area contributed by atoms with E-state index in [1.54, 1.807) is 24.7 Å².